The van der Waals surface area contributed by atoms with E-state index in [0.29, 0.717) is 22.0 Å². The molecular weight excluding hydrogens is 240 g/mol. The van der Waals surface area contributed by atoms with Gasteiger partial charge in [0.15, 0.2) is 10.6 Å². The number of carbonyl (C=O) groups is 1. The largest absolute Gasteiger partial charge is 0.478 e. The van der Waals surface area contributed by atoms with Gasteiger partial charge in [0.2, 0.25) is 0 Å². The van der Waals surface area contributed by atoms with Gasteiger partial charge in [0.05, 0.1) is 5.56 Å². The molecule has 0 bridgehead atoms. The highest BCUT2D eigenvalue weighted by atomic mass is 32.1. The molecule has 2 heterocycles. The van der Waals surface area contributed by atoms with Gasteiger partial charge in [-0.05, 0) is 12.1 Å². The molecule has 6 heteroatoms. The summed E-state index contributed by atoms with van der Waals surface area (Å²) in [6.07, 6.45) is 1.65. The van der Waals surface area contributed by atoms with E-state index in [-0.39, 0.29) is 5.56 Å². The topological polar surface area (TPSA) is 76.2 Å². The quantitative estimate of drug-likeness (QED) is 0.752. The third-order valence-electron chi connectivity index (χ3n) is 2.26. The van der Waals surface area contributed by atoms with Crippen LogP contribution in [0, 0.1) is 0 Å². The van der Waals surface area contributed by atoms with E-state index in [2.05, 4.69) is 9.97 Å². The minimum atomic E-state index is -1.02. The fraction of sp³-hybridized carbons (Fsp3) is 0. The SMILES string of the molecule is O=C(O)c1cccc2oc(-c3nccs3)nc12. The lowest BCUT2D eigenvalue weighted by Crippen LogP contribution is -1.96. The smallest absolute Gasteiger partial charge is 0.338 e. The van der Waals surface area contributed by atoms with Crippen molar-refractivity contribution in [3.8, 4) is 10.9 Å². The van der Waals surface area contributed by atoms with Crippen molar-refractivity contribution in [2.75, 3.05) is 0 Å². The van der Waals surface area contributed by atoms with Crippen LogP contribution in [0.2, 0.25) is 0 Å². The number of aromatic nitrogens is 2. The summed E-state index contributed by atoms with van der Waals surface area (Å²) in [7, 11) is 0. The molecule has 0 saturated heterocycles. The number of benzene rings is 1. The maximum Gasteiger partial charge on any atom is 0.338 e. The molecule has 3 aromatic rings. The van der Waals surface area contributed by atoms with Crippen molar-refractivity contribution in [1.29, 1.82) is 0 Å². The number of rotatable bonds is 2. The highest BCUT2D eigenvalue weighted by molar-refractivity contribution is 7.12. The second kappa shape index (κ2) is 3.67. The fourth-order valence-electron chi connectivity index (χ4n) is 1.54. The van der Waals surface area contributed by atoms with Crippen molar-refractivity contribution in [3.63, 3.8) is 0 Å². The van der Waals surface area contributed by atoms with Crippen molar-refractivity contribution in [1.82, 2.24) is 9.97 Å². The summed E-state index contributed by atoms with van der Waals surface area (Å²) in [4.78, 5) is 19.3. The summed E-state index contributed by atoms with van der Waals surface area (Å²) in [5.74, 6) is -0.668. The summed E-state index contributed by atoms with van der Waals surface area (Å²) < 4.78 is 5.48. The molecule has 2 aromatic heterocycles. The normalized spacial score (nSPS) is 10.8. The number of thiazole rings is 1. The minimum absolute atomic E-state index is 0.133. The van der Waals surface area contributed by atoms with Crippen molar-refractivity contribution >= 4 is 28.4 Å². The average molecular weight is 246 g/mol. The Balaban J connectivity index is 2.26. The first-order valence-corrected chi connectivity index (χ1v) is 5.66. The first-order chi connectivity index (χ1) is 8.25. The van der Waals surface area contributed by atoms with Gasteiger partial charge in [0.25, 0.3) is 5.89 Å². The van der Waals surface area contributed by atoms with Crippen LogP contribution in [0.5, 0.6) is 0 Å². The van der Waals surface area contributed by atoms with E-state index < -0.39 is 5.97 Å². The van der Waals surface area contributed by atoms with Crippen LogP contribution in [-0.2, 0) is 0 Å². The molecule has 0 atom stereocenters. The molecule has 17 heavy (non-hydrogen) atoms. The highest BCUT2D eigenvalue weighted by Gasteiger charge is 2.16. The zero-order valence-electron chi connectivity index (χ0n) is 8.45. The van der Waals surface area contributed by atoms with Gasteiger partial charge in [0, 0.05) is 11.6 Å². The van der Waals surface area contributed by atoms with Gasteiger partial charge in [-0.25, -0.2) is 14.8 Å². The first kappa shape index (κ1) is 9.98. The Morgan fingerprint density at radius 1 is 1.41 bits per heavy atom. The summed E-state index contributed by atoms with van der Waals surface area (Å²) in [6.45, 7) is 0. The van der Waals surface area contributed by atoms with Crippen LogP contribution in [-0.4, -0.2) is 21.0 Å². The molecular formula is C11H6N2O3S. The molecule has 84 valence electrons. The van der Waals surface area contributed by atoms with Gasteiger partial charge in [0.1, 0.15) is 5.52 Å². The molecule has 3 rings (SSSR count). The summed E-state index contributed by atoms with van der Waals surface area (Å²) >= 11 is 1.39. The van der Waals surface area contributed by atoms with Gasteiger partial charge in [-0.2, -0.15) is 0 Å². The average Bonchev–Trinajstić information content (AvgIpc) is 2.96. The van der Waals surface area contributed by atoms with Gasteiger partial charge < -0.3 is 9.52 Å². The van der Waals surface area contributed by atoms with Crippen LogP contribution >= 0.6 is 11.3 Å². The number of fused-ring (bicyclic) bond motifs is 1. The molecule has 1 aromatic carbocycles. The Morgan fingerprint density at radius 2 is 2.29 bits per heavy atom. The molecule has 5 nitrogen and oxygen atoms in total. The summed E-state index contributed by atoms with van der Waals surface area (Å²) in [5, 5.41) is 11.5. The third kappa shape index (κ3) is 1.58. The number of carboxylic acids is 1. The van der Waals surface area contributed by atoms with E-state index in [1.54, 1.807) is 18.3 Å². The zero-order valence-corrected chi connectivity index (χ0v) is 9.27. The van der Waals surface area contributed by atoms with Gasteiger partial charge >= 0.3 is 5.97 Å². The molecule has 0 aliphatic carbocycles. The van der Waals surface area contributed by atoms with Gasteiger partial charge in [-0.3, -0.25) is 0 Å². The highest BCUT2D eigenvalue weighted by Crippen LogP contribution is 2.27. The number of oxazole rings is 1. The molecule has 0 fully saturated rings. The number of hydrogen-bond donors (Lipinski definition) is 1. The van der Waals surface area contributed by atoms with Crippen molar-refractivity contribution in [2.24, 2.45) is 0 Å². The molecule has 0 spiro atoms. The number of para-hydroxylation sites is 1. The molecule has 0 aliphatic rings. The standard InChI is InChI=1S/C11H6N2O3S/c14-11(15)6-2-1-3-7-8(6)13-9(16-7)10-12-4-5-17-10/h1-5H,(H,14,15). The summed E-state index contributed by atoms with van der Waals surface area (Å²) in [6, 6.07) is 4.81. The Kier molecular flexibility index (Phi) is 2.15. The van der Waals surface area contributed by atoms with Crippen LogP contribution in [0.25, 0.3) is 22.0 Å². The van der Waals surface area contributed by atoms with Crippen LogP contribution in [0.4, 0.5) is 0 Å². The van der Waals surface area contributed by atoms with Gasteiger partial charge in [-0.1, -0.05) is 6.07 Å². The Bertz CT molecular complexity index is 688. The molecule has 0 amide bonds. The molecule has 0 unspecified atom stereocenters. The lowest BCUT2D eigenvalue weighted by molar-refractivity contribution is 0.0699. The van der Waals surface area contributed by atoms with E-state index in [0.717, 1.165) is 0 Å². The lowest BCUT2D eigenvalue weighted by Gasteiger charge is -1.92. The zero-order chi connectivity index (χ0) is 11.8. The Hall–Kier alpha value is -2.21. The molecule has 1 N–H and O–H groups in total. The number of nitrogens with zero attached hydrogens (tertiary/aromatic N) is 2. The van der Waals surface area contributed by atoms with Crippen LogP contribution in [0.15, 0.2) is 34.2 Å². The van der Waals surface area contributed by atoms with E-state index in [1.807, 2.05) is 5.38 Å². The molecule has 0 aliphatic heterocycles. The first-order valence-electron chi connectivity index (χ1n) is 4.78. The predicted molar refractivity (Wildman–Crippen MR) is 62.1 cm³/mol. The van der Waals surface area contributed by atoms with E-state index in [4.69, 9.17) is 9.52 Å². The van der Waals surface area contributed by atoms with Crippen LogP contribution < -0.4 is 0 Å². The van der Waals surface area contributed by atoms with Crippen LogP contribution in [0.3, 0.4) is 0 Å². The fourth-order valence-corrected chi connectivity index (χ4v) is 2.10. The van der Waals surface area contributed by atoms with E-state index in [1.165, 1.54) is 17.4 Å². The summed E-state index contributed by atoms with van der Waals surface area (Å²) in [5.41, 5.74) is 0.939. The number of carboxylic acid groups (broad SMARTS) is 1. The van der Waals surface area contributed by atoms with Crippen LogP contribution in [0.1, 0.15) is 10.4 Å². The monoisotopic (exact) mass is 246 g/mol. The maximum atomic E-state index is 11.0. The van der Waals surface area contributed by atoms with Crippen molar-refractivity contribution in [2.45, 2.75) is 0 Å². The predicted octanol–water partition coefficient (Wildman–Crippen LogP) is 2.65. The molecule has 0 saturated carbocycles. The number of hydrogen-bond acceptors (Lipinski definition) is 5. The lowest BCUT2D eigenvalue weighted by atomic mass is 10.2. The van der Waals surface area contributed by atoms with Crippen molar-refractivity contribution < 1.29 is 14.3 Å². The van der Waals surface area contributed by atoms with Gasteiger partial charge in [-0.15, -0.1) is 11.3 Å². The molecule has 0 radical (unpaired) electrons. The number of aromatic carboxylic acids is 1. The third-order valence-corrected chi connectivity index (χ3v) is 3.03. The second-order valence-electron chi connectivity index (χ2n) is 3.31. The van der Waals surface area contributed by atoms with Crippen molar-refractivity contribution in [3.05, 3.63) is 35.3 Å². The van der Waals surface area contributed by atoms with E-state index in [9.17, 15) is 4.79 Å². The second-order valence-corrected chi connectivity index (χ2v) is 4.21. The maximum absolute atomic E-state index is 11.0. The Morgan fingerprint density at radius 3 is 3.00 bits per heavy atom. The van der Waals surface area contributed by atoms with E-state index >= 15 is 0 Å². The Labute approximate surface area is 99.4 Å². The minimum Gasteiger partial charge on any atom is -0.478 e.